The highest BCUT2D eigenvalue weighted by molar-refractivity contribution is 5.87. The van der Waals surface area contributed by atoms with E-state index < -0.39 is 47.7 Å². The largest absolute Gasteiger partial charge is 0.456 e. The Morgan fingerprint density at radius 2 is 1.23 bits per heavy atom. The summed E-state index contributed by atoms with van der Waals surface area (Å²) in [6.07, 6.45) is -22.6. The van der Waals surface area contributed by atoms with Crippen molar-refractivity contribution < 1.29 is 53.4 Å². The predicted molar refractivity (Wildman–Crippen MR) is 48.5 cm³/mol. The van der Waals surface area contributed by atoms with Crippen molar-refractivity contribution in [2.45, 2.75) is 48.9 Å². The van der Waals surface area contributed by atoms with Crippen LogP contribution in [-0.4, -0.2) is 46.4 Å². The van der Waals surface area contributed by atoms with Crippen molar-refractivity contribution in [1.82, 2.24) is 0 Å². The molecule has 0 saturated heterocycles. The lowest BCUT2D eigenvalue weighted by atomic mass is 9.73. The van der Waals surface area contributed by atoms with Crippen molar-refractivity contribution in [3.05, 3.63) is 0 Å². The number of halogens is 11. The first kappa shape index (κ1) is 18.9. The lowest BCUT2D eigenvalue weighted by Gasteiger charge is -2.45. The number of hydrogen-bond donors (Lipinski definition) is 1. The molecule has 130 valence electrons. The fourth-order valence-corrected chi connectivity index (χ4v) is 2.25. The number of rotatable bonds is 1. The molecule has 0 aromatic carbocycles. The molecule has 1 N–H and O–H groups in total. The fraction of sp³-hybridized carbons (Fsp3) is 0.889. The van der Waals surface area contributed by atoms with Gasteiger partial charge in [0, 0.05) is 12.1 Å². The standard InChI is InChI=1S/C9H6F11NO/c1-3-2-4(22,6(10,11)9(18,19)20)5(21-3,7(12,13)14)8(15,16)17/h22H,2H2,1H3. The van der Waals surface area contributed by atoms with Crippen molar-refractivity contribution >= 4 is 5.71 Å². The molecule has 0 bridgehead atoms. The molecule has 1 unspecified atom stereocenters. The minimum absolute atomic E-state index is 0.372. The normalized spacial score (nSPS) is 27.0. The van der Waals surface area contributed by atoms with E-state index >= 15 is 0 Å². The van der Waals surface area contributed by atoms with Crippen LogP contribution in [0.2, 0.25) is 0 Å². The van der Waals surface area contributed by atoms with Gasteiger partial charge in [0.25, 0.3) is 5.54 Å². The molecule has 13 heteroatoms. The van der Waals surface area contributed by atoms with Crippen molar-refractivity contribution in [3.8, 4) is 0 Å². The summed E-state index contributed by atoms with van der Waals surface area (Å²) in [5.41, 5.74) is -12.9. The van der Waals surface area contributed by atoms with Crippen LogP contribution in [0.1, 0.15) is 13.3 Å². The van der Waals surface area contributed by atoms with E-state index in [9.17, 15) is 53.4 Å². The fourth-order valence-electron chi connectivity index (χ4n) is 2.25. The first-order valence-electron chi connectivity index (χ1n) is 5.21. The third-order valence-corrected chi connectivity index (χ3v) is 3.16. The van der Waals surface area contributed by atoms with Crippen molar-refractivity contribution in [2.24, 2.45) is 4.99 Å². The Morgan fingerprint density at radius 3 is 1.50 bits per heavy atom. The maximum absolute atomic E-state index is 13.3. The highest BCUT2D eigenvalue weighted by Crippen LogP contribution is 2.63. The van der Waals surface area contributed by atoms with E-state index in [4.69, 9.17) is 0 Å². The lowest BCUT2D eigenvalue weighted by molar-refractivity contribution is -0.406. The van der Waals surface area contributed by atoms with Gasteiger partial charge in [-0.2, -0.15) is 48.3 Å². The molecule has 1 atom stereocenters. The van der Waals surface area contributed by atoms with E-state index in [0.717, 1.165) is 0 Å². The van der Waals surface area contributed by atoms with Crippen LogP contribution in [0.4, 0.5) is 48.3 Å². The van der Waals surface area contributed by atoms with Crippen molar-refractivity contribution in [3.63, 3.8) is 0 Å². The highest BCUT2D eigenvalue weighted by Gasteiger charge is 2.91. The Morgan fingerprint density at radius 1 is 0.864 bits per heavy atom. The second kappa shape index (κ2) is 4.45. The summed E-state index contributed by atoms with van der Waals surface area (Å²) in [6, 6.07) is 0. The van der Waals surface area contributed by atoms with Gasteiger partial charge < -0.3 is 5.11 Å². The van der Waals surface area contributed by atoms with Gasteiger partial charge in [-0.3, -0.25) is 4.99 Å². The predicted octanol–water partition coefficient (Wildman–Crippen LogP) is 3.64. The van der Waals surface area contributed by atoms with Gasteiger partial charge in [0.2, 0.25) is 0 Å². The van der Waals surface area contributed by atoms with Gasteiger partial charge >= 0.3 is 24.5 Å². The molecular weight excluding hydrogens is 347 g/mol. The van der Waals surface area contributed by atoms with E-state index in [1.54, 1.807) is 0 Å². The van der Waals surface area contributed by atoms with Gasteiger partial charge in [-0.05, 0) is 6.92 Å². The topological polar surface area (TPSA) is 32.6 Å². The molecule has 0 spiro atoms. The van der Waals surface area contributed by atoms with Crippen LogP contribution in [0, 0.1) is 0 Å². The van der Waals surface area contributed by atoms with E-state index in [0.29, 0.717) is 6.92 Å². The Balaban J connectivity index is 3.81. The number of aliphatic imine (C=N–C) groups is 1. The SMILES string of the molecule is CC1=NC(C(F)(F)F)(C(F)(F)F)C(O)(C(F)(F)C(F)(F)F)C1. The molecule has 0 fully saturated rings. The van der Waals surface area contributed by atoms with E-state index in [1.165, 1.54) is 0 Å². The maximum Gasteiger partial charge on any atom is 0.456 e. The molecule has 1 rings (SSSR count). The Labute approximate surface area is 114 Å². The van der Waals surface area contributed by atoms with Crippen LogP contribution >= 0.6 is 0 Å². The summed E-state index contributed by atoms with van der Waals surface area (Å²) in [6.45, 7) is 0.372. The van der Waals surface area contributed by atoms with Crippen LogP contribution < -0.4 is 0 Å². The highest BCUT2D eigenvalue weighted by atomic mass is 19.4. The summed E-state index contributed by atoms with van der Waals surface area (Å²) >= 11 is 0. The molecule has 2 nitrogen and oxygen atoms in total. The number of nitrogens with zero attached hydrogens (tertiary/aromatic N) is 1. The Bertz CT molecular complexity index is 471. The van der Waals surface area contributed by atoms with Crippen LogP contribution in [0.5, 0.6) is 0 Å². The summed E-state index contributed by atoms with van der Waals surface area (Å²) in [7, 11) is 0. The van der Waals surface area contributed by atoms with Gasteiger partial charge in [-0.25, -0.2) is 0 Å². The summed E-state index contributed by atoms with van der Waals surface area (Å²) in [4.78, 5) is 1.93. The van der Waals surface area contributed by atoms with Gasteiger partial charge in [-0.1, -0.05) is 0 Å². The molecule has 0 aromatic heterocycles. The zero-order valence-electron chi connectivity index (χ0n) is 10.3. The zero-order valence-corrected chi connectivity index (χ0v) is 10.3. The van der Waals surface area contributed by atoms with Crippen LogP contribution in [0.15, 0.2) is 4.99 Å². The number of aliphatic hydroxyl groups is 1. The smallest absolute Gasteiger partial charge is 0.380 e. The van der Waals surface area contributed by atoms with Crippen LogP contribution in [-0.2, 0) is 0 Å². The molecule has 1 aliphatic rings. The van der Waals surface area contributed by atoms with E-state index in [1.807, 2.05) is 4.99 Å². The van der Waals surface area contributed by atoms with E-state index in [2.05, 4.69) is 0 Å². The summed E-state index contributed by atoms with van der Waals surface area (Å²) in [5, 5.41) is 9.28. The Kier molecular flexibility index (Phi) is 3.82. The zero-order chi connectivity index (χ0) is 18.0. The molecule has 0 saturated carbocycles. The molecule has 1 heterocycles. The second-order valence-corrected chi connectivity index (χ2v) is 4.66. The molecule has 0 radical (unpaired) electrons. The number of hydrogen-bond acceptors (Lipinski definition) is 2. The molecule has 22 heavy (non-hydrogen) atoms. The average molecular weight is 353 g/mol. The summed E-state index contributed by atoms with van der Waals surface area (Å²) < 4.78 is 140. The van der Waals surface area contributed by atoms with Crippen LogP contribution in [0.3, 0.4) is 0 Å². The monoisotopic (exact) mass is 353 g/mol. The number of alkyl halides is 11. The van der Waals surface area contributed by atoms with Gasteiger partial charge in [0.15, 0.2) is 5.60 Å². The molecular formula is C9H6F11NO. The molecule has 0 aliphatic carbocycles. The van der Waals surface area contributed by atoms with Gasteiger partial charge in [-0.15, -0.1) is 0 Å². The second-order valence-electron chi connectivity index (χ2n) is 4.66. The van der Waals surface area contributed by atoms with Gasteiger partial charge in [0.05, 0.1) is 0 Å². The van der Waals surface area contributed by atoms with Crippen LogP contribution in [0.25, 0.3) is 0 Å². The average Bonchev–Trinajstić information content (AvgIpc) is 2.49. The lowest BCUT2D eigenvalue weighted by Crippen LogP contribution is -2.76. The third-order valence-electron chi connectivity index (χ3n) is 3.16. The van der Waals surface area contributed by atoms with E-state index in [-0.39, 0.29) is 0 Å². The minimum Gasteiger partial charge on any atom is -0.380 e. The first-order valence-corrected chi connectivity index (χ1v) is 5.21. The maximum atomic E-state index is 13.3. The van der Waals surface area contributed by atoms with Crippen molar-refractivity contribution in [2.75, 3.05) is 0 Å². The quantitative estimate of drug-likeness (QED) is 0.718. The van der Waals surface area contributed by atoms with Crippen molar-refractivity contribution in [1.29, 1.82) is 0 Å². The minimum atomic E-state index is -6.86. The Hall–Kier alpha value is -1.14. The molecule has 0 aromatic rings. The van der Waals surface area contributed by atoms with Gasteiger partial charge in [0.1, 0.15) is 0 Å². The first-order chi connectivity index (χ1) is 9.35. The third kappa shape index (κ3) is 2.07. The molecule has 0 amide bonds. The molecule has 1 aliphatic heterocycles. The summed E-state index contributed by atoms with van der Waals surface area (Å²) in [5.74, 6) is -6.72.